The Hall–Kier alpha value is -2.28. The van der Waals surface area contributed by atoms with Crippen molar-refractivity contribution < 1.29 is 0 Å². The van der Waals surface area contributed by atoms with E-state index in [1.54, 1.807) is 11.8 Å². The Kier molecular flexibility index (Phi) is 3.69. The Morgan fingerprint density at radius 2 is 2.00 bits per heavy atom. The summed E-state index contributed by atoms with van der Waals surface area (Å²) in [7, 11) is 0. The van der Waals surface area contributed by atoms with Gasteiger partial charge in [0.15, 0.2) is 5.16 Å². The molecule has 0 saturated heterocycles. The number of rotatable bonds is 5. The van der Waals surface area contributed by atoms with Gasteiger partial charge >= 0.3 is 0 Å². The lowest BCUT2D eigenvalue weighted by Gasteiger charge is -2.06. The summed E-state index contributed by atoms with van der Waals surface area (Å²) in [4.78, 5) is 5.20. The number of hydrogen-bond donors (Lipinski definition) is 3. The molecule has 20 heavy (non-hydrogen) atoms. The van der Waals surface area contributed by atoms with Gasteiger partial charge in [0.1, 0.15) is 6.33 Å². The van der Waals surface area contributed by atoms with E-state index in [1.165, 1.54) is 11.9 Å². The summed E-state index contributed by atoms with van der Waals surface area (Å²) in [5.41, 5.74) is 3.34. The van der Waals surface area contributed by atoms with Crippen LogP contribution in [0.25, 0.3) is 0 Å². The highest BCUT2D eigenvalue weighted by Gasteiger charge is 2.02. The third-order valence-electron chi connectivity index (χ3n) is 2.88. The van der Waals surface area contributed by atoms with Gasteiger partial charge in [0.25, 0.3) is 0 Å². The average Bonchev–Trinajstić information content (AvgIpc) is 3.10. The molecule has 0 saturated carbocycles. The first kappa shape index (κ1) is 12.7. The lowest BCUT2D eigenvalue weighted by atomic mass is 10.2. The number of aromatic amines is 2. The highest BCUT2D eigenvalue weighted by atomic mass is 32.2. The number of nitrogens with one attached hydrogen (secondary N) is 3. The molecule has 0 amide bonds. The fraction of sp³-hybridized carbons (Fsp3) is 0.154. The number of aromatic nitrogens is 5. The van der Waals surface area contributed by atoms with Crippen molar-refractivity contribution in [2.24, 2.45) is 0 Å². The van der Waals surface area contributed by atoms with E-state index in [0.717, 1.165) is 28.0 Å². The number of anilines is 1. The first-order valence-electron chi connectivity index (χ1n) is 6.17. The van der Waals surface area contributed by atoms with Crippen LogP contribution >= 0.6 is 11.8 Å². The fourth-order valence-electron chi connectivity index (χ4n) is 1.75. The Labute approximate surface area is 120 Å². The summed E-state index contributed by atoms with van der Waals surface area (Å²) in [6.07, 6.45) is 3.35. The Balaban J connectivity index is 1.60. The molecule has 1 aromatic carbocycles. The summed E-state index contributed by atoms with van der Waals surface area (Å²) in [5, 5.41) is 17.7. The van der Waals surface area contributed by atoms with Crippen LogP contribution in [0.1, 0.15) is 11.3 Å². The van der Waals surface area contributed by atoms with Crippen molar-refractivity contribution in [2.75, 3.05) is 5.32 Å². The first-order valence-corrected chi connectivity index (χ1v) is 6.99. The second-order valence-electron chi connectivity index (χ2n) is 4.29. The van der Waals surface area contributed by atoms with Crippen LogP contribution < -0.4 is 5.32 Å². The lowest BCUT2D eigenvalue weighted by molar-refractivity contribution is 0.973. The van der Waals surface area contributed by atoms with E-state index in [-0.39, 0.29) is 0 Å². The van der Waals surface area contributed by atoms with Gasteiger partial charge in [0.05, 0.1) is 6.20 Å². The van der Waals surface area contributed by atoms with Crippen LogP contribution in [0.5, 0.6) is 0 Å². The second kappa shape index (κ2) is 5.79. The van der Waals surface area contributed by atoms with Crippen molar-refractivity contribution in [3.8, 4) is 0 Å². The predicted molar refractivity (Wildman–Crippen MR) is 77.6 cm³/mol. The molecule has 0 aliphatic heterocycles. The van der Waals surface area contributed by atoms with Crippen molar-refractivity contribution in [1.82, 2.24) is 25.4 Å². The number of nitrogens with zero attached hydrogens (tertiary/aromatic N) is 3. The van der Waals surface area contributed by atoms with Gasteiger partial charge in [-0.2, -0.15) is 10.2 Å². The van der Waals surface area contributed by atoms with Crippen molar-refractivity contribution in [2.45, 2.75) is 23.5 Å². The zero-order valence-electron chi connectivity index (χ0n) is 10.9. The van der Waals surface area contributed by atoms with Gasteiger partial charge in [-0.1, -0.05) is 11.8 Å². The van der Waals surface area contributed by atoms with E-state index >= 15 is 0 Å². The molecule has 3 aromatic rings. The highest BCUT2D eigenvalue weighted by Crippen LogP contribution is 2.25. The molecule has 2 heterocycles. The molecule has 0 unspecified atom stereocenters. The van der Waals surface area contributed by atoms with E-state index < -0.39 is 0 Å². The minimum Gasteiger partial charge on any atom is -0.381 e. The summed E-state index contributed by atoms with van der Waals surface area (Å²) < 4.78 is 0. The molecule has 0 radical (unpaired) electrons. The van der Waals surface area contributed by atoms with Crippen LogP contribution in [0.15, 0.2) is 46.8 Å². The average molecular weight is 286 g/mol. The van der Waals surface area contributed by atoms with Gasteiger partial charge < -0.3 is 5.32 Å². The van der Waals surface area contributed by atoms with Crippen molar-refractivity contribution in [3.63, 3.8) is 0 Å². The maximum Gasteiger partial charge on any atom is 0.188 e. The number of H-pyrrole nitrogens is 2. The Morgan fingerprint density at radius 3 is 2.65 bits per heavy atom. The monoisotopic (exact) mass is 286 g/mol. The van der Waals surface area contributed by atoms with Gasteiger partial charge in [-0.15, -0.1) is 0 Å². The third kappa shape index (κ3) is 3.00. The minimum atomic E-state index is 0.761. The molecule has 0 spiro atoms. The zero-order chi connectivity index (χ0) is 13.8. The quantitative estimate of drug-likeness (QED) is 0.671. The Morgan fingerprint density at radius 1 is 1.15 bits per heavy atom. The molecule has 0 fully saturated rings. The molecule has 2 aromatic heterocycles. The first-order chi connectivity index (χ1) is 9.81. The molecule has 6 nitrogen and oxygen atoms in total. The SMILES string of the molecule is Cc1[nH]ncc1CNc1ccc(Sc2ncn[nH]2)cc1. The number of hydrogen-bond acceptors (Lipinski definition) is 5. The van der Waals surface area contributed by atoms with E-state index in [1.807, 2.05) is 25.3 Å². The summed E-state index contributed by atoms with van der Waals surface area (Å²) in [6, 6.07) is 8.21. The largest absolute Gasteiger partial charge is 0.381 e. The normalized spacial score (nSPS) is 10.7. The molecular weight excluding hydrogens is 272 g/mol. The van der Waals surface area contributed by atoms with Crippen LogP contribution in [0.2, 0.25) is 0 Å². The predicted octanol–water partition coefficient (Wildman–Crippen LogP) is 2.60. The van der Waals surface area contributed by atoms with Crippen molar-refractivity contribution in [1.29, 1.82) is 0 Å². The second-order valence-corrected chi connectivity index (χ2v) is 5.35. The number of aryl methyl sites for hydroxylation is 1. The van der Waals surface area contributed by atoms with Gasteiger partial charge in [0.2, 0.25) is 0 Å². The van der Waals surface area contributed by atoms with E-state index in [4.69, 9.17) is 0 Å². The molecule has 0 bridgehead atoms. The lowest BCUT2D eigenvalue weighted by Crippen LogP contribution is -1.99. The topological polar surface area (TPSA) is 82.3 Å². The van der Waals surface area contributed by atoms with Crippen LogP contribution in [0, 0.1) is 6.92 Å². The van der Waals surface area contributed by atoms with Gasteiger partial charge in [-0.25, -0.2) is 4.98 Å². The van der Waals surface area contributed by atoms with Gasteiger partial charge in [-0.3, -0.25) is 10.2 Å². The molecule has 3 rings (SSSR count). The molecule has 0 aliphatic rings. The summed E-state index contributed by atoms with van der Waals surface area (Å²) >= 11 is 1.55. The third-order valence-corrected chi connectivity index (χ3v) is 3.78. The van der Waals surface area contributed by atoms with Gasteiger partial charge in [0, 0.05) is 28.4 Å². The zero-order valence-corrected chi connectivity index (χ0v) is 11.7. The maximum atomic E-state index is 4.08. The van der Waals surface area contributed by atoms with Crippen LogP contribution in [-0.4, -0.2) is 25.4 Å². The smallest absolute Gasteiger partial charge is 0.188 e. The van der Waals surface area contributed by atoms with Crippen LogP contribution in [-0.2, 0) is 6.54 Å². The van der Waals surface area contributed by atoms with E-state index in [2.05, 4.69) is 42.8 Å². The van der Waals surface area contributed by atoms with Gasteiger partial charge in [-0.05, 0) is 31.2 Å². The van der Waals surface area contributed by atoms with Crippen molar-refractivity contribution in [3.05, 3.63) is 48.0 Å². The maximum absolute atomic E-state index is 4.08. The molecule has 7 heteroatoms. The molecule has 0 aliphatic carbocycles. The van der Waals surface area contributed by atoms with Crippen LogP contribution in [0.4, 0.5) is 5.69 Å². The van der Waals surface area contributed by atoms with E-state index in [0.29, 0.717) is 0 Å². The van der Waals surface area contributed by atoms with Crippen LogP contribution in [0.3, 0.4) is 0 Å². The van der Waals surface area contributed by atoms with E-state index in [9.17, 15) is 0 Å². The summed E-state index contributed by atoms with van der Waals surface area (Å²) in [6.45, 7) is 2.78. The Bertz CT molecular complexity index is 658. The molecular formula is C13H14N6S. The number of benzene rings is 1. The molecule has 102 valence electrons. The minimum absolute atomic E-state index is 0.761. The fourth-order valence-corrected chi connectivity index (χ4v) is 2.44. The summed E-state index contributed by atoms with van der Waals surface area (Å²) in [5.74, 6) is 0. The molecule has 0 atom stereocenters. The molecule has 3 N–H and O–H groups in total. The standard InChI is InChI=1S/C13H14N6S/c1-9-10(7-16-18-9)6-14-11-2-4-12(5-3-11)20-13-15-8-17-19-13/h2-5,7-8,14H,6H2,1H3,(H,16,18)(H,15,17,19). The highest BCUT2D eigenvalue weighted by molar-refractivity contribution is 7.99. The van der Waals surface area contributed by atoms with Crippen molar-refractivity contribution >= 4 is 17.4 Å².